The zero-order valence-electron chi connectivity index (χ0n) is 12.3. The summed E-state index contributed by atoms with van der Waals surface area (Å²) in [5, 5.41) is 2.58. The highest BCUT2D eigenvalue weighted by molar-refractivity contribution is 7.89. The van der Waals surface area contributed by atoms with Crippen LogP contribution in [-0.4, -0.2) is 44.6 Å². The van der Waals surface area contributed by atoms with Gasteiger partial charge in [-0.25, -0.2) is 8.42 Å². The Bertz CT molecular complexity index is 598. The van der Waals surface area contributed by atoms with Crippen molar-refractivity contribution in [1.29, 1.82) is 0 Å². The molecule has 0 spiro atoms. The second kappa shape index (κ2) is 7.67. The van der Waals surface area contributed by atoms with Crippen molar-refractivity contribution in [3.63, 3.8) is 0 Å². The number of nitrogens with zero attached hydrogens (tertiary/aromatic N) is 1. The first-order chi connectivity index (χ1) is 9.90. The fraction of sp³-hybridized carbons (Fsp3) is 0.462. The summed E-state index contributed by atoms with van der Waals surface area (Å²) in [5.74, 6) is 0.0496. The number of amides is 1. The SMILES string of the molecule is CCN(CC)S(=O)(=O)c1ccc(OC)c(NC(=O)CS)c1. The molecule has 1 rings (SSSR count). The molecule has 1 aromatic rings. The third-order valence-electron chi connectivity index (χ3n) is 2.93. The number of carbonyl (C=O) groups excluding carboxylic acids is 1. The predicted octanol–water partition coefficient (Wildman–Crippen LogP) is 1.59. The van der Waals surface area contributed by atoms with Gasteiger partial charge in [0.15, 0.2) is 0 Å². The number of thiol groups is 1. The first kappa shape index (κ1) is 17.8. The van der Waals surface area contributed by atoms with E-state index >= 15 is 0 Å². The number of methoxy groups -OCH3 is 1. The molecule has 0 aliphatic rings. The van der Waals surface area contributed by atoms with Crippen LogP contribution in [0.4, 0.5) is 5.69 Å². The van der Waals surface area contributed by atoms with Gasteiger partial charge in [0, 0.05) is 13.1 Å². The maximum atomic E-state index is 12.5. The van der Waals surface area contributed by atoms with Gasteiger partial charge in [-0.05, 0) is 18.2 Å². The van der Waals surface area contributed by atoms with E-state index < -0.39 is 10.0 Å². The highest BCUT2D eigenvalue weighted by Crippen LogP contribution is 2.28. The van der Waals surface area contributed by atoms with Crippen LogP contribution in [0.15, 0.2) is 23.1 Å². The molecule has 0 bridgehead atoms. The molecule has 118 valence electrons. The predicted molar refractivity (Wildman–Crippen MR) is 85.6 cm³/mol. The summed E-state index contributed by atoms with van der Waals surface area (Å²) >= 11 is 3.88. The zero-order valence-corrected chi connectivity index (χ0v) is 14.0. The Balaban J connectivity index is 3.27. The molecule has 0 saturated carbocycles. The van der Waals surface area contributed by atoms with E-state index in [1.54, 1.807) is 13.8 Å². The monoisotopic (exact) mass is 332 g/mol. The Kier molecular flexibility index (Phi) is 6.50. The van der Waals surface area contributed by atoms with Gasteiger partial charge in [-0.3, -0.25) is 4.79 Å². The number of anilines is 1. The van der Waals surface area contributed by atoms with Gasteiger partial charge in [-0.15, -0.1) is 0 Å². The van der Waals surface area contributed by atoms with Gasteiger partial charge >= 0.3 is 0 Å². The van der Waals surface area contributed by atoms with Crippen molar-refractivity contribution in [1.82, 2.24) is 4.31 Å². The van der Waals surface area contributed by atoms with Gasteiger partial charge in [0.25, 0.3) is 0 Å². The molecule has 21 heavy (non-hydrogen) atoms. The normalized spacial score (nSPS) is 11.5. The summed E-state index contributed by atoms with van der Waals surface area (Å²) in [4.78, 5) is 11.6. The molecule has 0 fully saturated rings. The Morgan fingerprint density at radius 3 is 2.43 bits per heavy atom. The summed E-state index contributed by atoms with van der Waals surface area (Å²) in [7, 11) is -2.14. The van der Waals surface area contributed by atoms with E-state index in [1.807, 2.05) is 0 Å². The quantitative estimate of drug-likeness (QED) is 0.744. The Morgan fingerprint density at radius 1 is 1.33 bits per heavy atom. The van der Waals surface area contributed by atoms with Crippen LogP contribution < -0.4 is 10.1 Å². The number of carbonyl (C=O) groups is 1. The molecule has 0 heterocycles. The molecular weight excluding hydrogens is 312 g/mol. The van der Waals surface area contributed by atoms with Crippen molar-refractivity contribution >= 4 is 34.2 Å². The van der Waals surface area contributed by atoms with Crippen LogP contribution >= 0.6 is 12.6 Å². The molecule has 1 amide bonds. The molecule has 8 heteroatoms. The largest absolute Gasteiger partial charge is 0.495 e. The van der Waals surface area contributed by atoms with Crippen molar-refractivity contribution in [2.45, 2.75) is 18.7 Å². The number of benzene rings is 1. The molecule has 0 atom stereocenters. The zero-order chi connectivity index (χ0) is 16.0. The summed E-state index contributed by atoms with van der Waals surface area (Å²) in [6, 6.07) is 4.38. The number of nitrogens with one attached hydrogen (secondary N) is 1. The smallest absolute Gasteiger partial charge is 0.243 e. The molecule has 0 radical (unpaired) electrons. The lowest BCUT2D eigenvalue weighted by molar-refractivity contribution is -0.113. The molecule has 0 saturated heterocycles. The summed E-state index contributed by atoms with van der Waals surface area (Å²) in [6.45, 7) is 4.30. The lowest BCUT2D eigenvalue weighted by Gasteiger charge is -2.19. The molecule has 1 aromatic carbocycles. The maximum absolute atomic E-state index is 12.5. The maximum Gasteiger partial charge on any atom is 0.243 e. The highest BCUT2D eigenvalue weighted by Gasteiger charge is 2.23. The molecule has 6 nitrogen and oxygen atoms in total. The third-order valence-corrected chi connectivity index (χ3v) is 5.26. The first-order valence-electron chi connectivity index (χ1n) is 6.49. The van der Waals surface area contributed by atoms with E-state index in [2.05, 4.69) is 17.9 Å². The molecule has 0 unspecified atom stereocenters. The van der Waals surface area contributed by atoms with Crippen LogP contribution in [0.5, 0.6) is 5.75 Å². The van der Waals surface area contributed by atoms with Crippen molar-refractivity contribution in [2.24, 2.45) is 0 Å². The van der Waals surface area contributed by atoms with Crippen LogP contribution in [0.2, 0.25) is 0 Å². The van der Waals surface area contributed by atoms with Gasteiger partial charge in [-0.1, -0.05) is 13.8 Å². The van der Waals surface area contributed by atoms with Gasteiger partial charge in [0.05, 0.1) is 23.4 Å². The van der Waals surface area contributed by atoms with E-state index in [1.165, 1.54) is 29.6 Å². The number of hydrogen-bond acceptors (Lipinski definition) is 5. The van der Waals surface area contributed by atoms with Crippen molar-refractivity contribution < 1.29 is 17.9 Å². The number of rotatable bonds is 7. The van der Waals surface area contributed by atoms with E-state index in [0.717, 1.165) is 0 Å². The van der Waals surface area contributed by atoms with Gasteiger partial charge in [-0.2, -0.15) is 16.9 Å². The third kappa shape index (κ3) is 4.12. The van der Waals surface area contributed by atoms with Crippen LogP contribution in [0, 0.1) is 0 Å². The van der Waals surface area contributed by atoms with E-state index in [0.29, 0.717) is 24.5 Å². The fourth-order valence-corrected chi connectivity index (χ4v) is 3.41. The molecular formula is C13H20N2O4S2. The van der Waals surface area contributed by atoms with Crippen LogP contribution in [0.25, 0.3) is 0 Å². The minimum atomic E-state index is -3.58. The lowest BCUT2D eigenvalue weighted by Crippen LogP contribution is -2.30. The van der Waals surface area contributed by atoms with E-state index in [4.69, 9.17) is 4.74 Å². The molecule has 1 N–H and O–H groups in total. The van der Waals surface area contributed by atoms with Crippen LogP contribution in [-0.2, 0) is 14.8 Å². The second-order valence-electron chi connectivity index (χ2n) is 4.16. The number of hydrogen-bond donors (Lipinski definition) is 2. The van der Waals surface area contributed by atoms with E-state index in [9.17, 15) is 13.2 Å². The van der Waals surface area contributed by atoms with Gasteiger partial charge < -0.3 is 10.1 Å². The number of sulfonamides is 1. The van der Waals surface area contributed by atoms with Crippen molar-refractivity contribution in [3.8, 4) is 5.75 Å². The minimum absolute atomic E-state index is 0.00379. The van der Waals surface area contributed by atoms with E-state index in [-0.39, 0.29) is 16.6 Å². The second-order valence-corrected chi connectivity index (χ2v) is 6.41. The highest BCUT2D eigenvalue weighted by atomic mass is 32.2. The fourth-order valence-electron chi connectivity index (χ4n) is 1.85. The van der Waals surface area contributed by atoms with Crippen molar-refractivity contribution in [3.05, 3.63) is 18.2 Å². The first-order valence-corrected chi connectivity index (χ1v) is 8.56. The molecule has 0 aliphatic heterocycles. The Labute approximate surface area is 130 Å². The summed E-state index contributed by atoms with van der Waals surface area (Å²) in [5.41, 5.74) is 0.310. The minimum Gasteiger partial charge on any atom is -0.495 e. The summed E-state index contributed by atoms with van der Waals surface area (Å²) in [6.07, 6.45) is 0. The Morgan fingerprint density at radius 2 is 1.95 bits per heavy atom. The topological polar surface area (TPSA) is 75.7 Å². The van der Waals surface area contributed by atoms with Crippen molar-refractivity contribution in [2.75, 3.05) is 31.3 Å². The Hall–Kier alpha value is -1.25. The van der Waals surface area contributed by atoms with Crippen LogP contribution in [0.3, 0.4) is 0 Å². The average molecular weight is 332 g/mol. The van der Waals surface area contributed by atoms with Gasteiger partial charge in [0.2, 0.25) is 15.9 Å². The average Bonchev–Trinajstić information content (AvgIpc) is 2.47. The standard InChI is InChI=1S/C13H20N2O4S2/c1-4-15(5-2)21(17,18)10-6-7-12(19-3)11(8-10)14-13(16)9-20/h6-8,20H,4-5,9H2,1-3H3,(H,14,16). The number of ether oxygens (including phenoxy) is 1. The molecule has 0 aliphatic carbocycles. The van der Waals surface area contributed by atoms with Crippen LogP contribution in [0.1, 0.15) is 13.8 Å². The lowest BCUT2D eigenvalue weighted by atomic mass is 10.3. The molecule has 0 aromatic heterocycles. The summed E-state index contributed by atoms with van der Waals surface area (Å²) < 4.78 is 31.4. The van der Waals surface area contributed by atoms with Gasteiger partial charge in [0.1, 0.15) is 5.75 Å².